The highest BCUT2D eigenvalue weighted by molar-refractivity contribution is 7.10. The fourth-order valence-corrected chi connectivity index (χ4v) is 3.17. The van der Waals surface area contributed by atoms with E-state index in [1.165, 1.54) is 0 Å². The summed E-state index contributed by atoms with van der Waals surface area (Å²) >= 11 is 1.64. The van der Waals surface area contributed by atoms with Gasteiger partial charge in [0.15, 0.2) is 0 Å². The first-order valence-electron chi connectivity index (χ1n) is 7.37. The molecule has 1 heterocycles. The highest BCUT2D eigenvalue weighted by atomic mass is 32.1. The zero-order valence-corrected chi connectivity index (χ0v) is 14.6. The predicted molar refractivity (Wildman–Crippen MR) is 93.6 cm³/mol. The van der Waals surface area contributed by atoms with E-state index in [2.05, 4.69) is 24.5 Å². The number of ether oxygens (including phenoxy) is 2. The Morgan fingerprint density at radius 2 is 1.78 bits per heavy atom. The summed E-state index contributed by atoms with van der Waals surface area (Å²) in [6.45, 7) is 4.17. The molecule has 124 valence electrons. The molecule has 0 saturated heterocycles. The molecule has 0 aliphatic heterocycles. The molecule has 0 aliphatic carbocycles. The summed E-state index contributed by atoms with van der Waals surface area (Å²) in [5.74, 6) is 1.54. The van der Waals surface area contributed by atoms with Gasteiger partial charge in [0, 0.05) is 28.8 Å². The van der Waals surface area contributed by atoms with Crippen LogP contribution in [0.5, 0.6) is 11.5 Å². The number of carbonyl (C=O) groups excluding carboxylic acids is 1. The lowest BCUT2D eigenvalue weighted by atomic mass is 10.0. The van der Waals surface area contributed by atoms with Gasteiger partial charge in [-0.15, -0.1) is 11.3 Å². The predicted octanol–water partition coefficient (Wildman–Crippen LogP) is 4.28. The lowest BCUT2D eigenvalue weighted by Crippen LogP contribution is -2.34. The van der Waals surface area contributed by atoms with E-state index in [9.17, 15) is 4.79 Å². The minimum absolute atomic E-state index is 0.0255. The second-order valence-electron chi connectivity index (χ2n) is 5.44. The number of nitrogens with one attached hydrogen (secondary N) is 2. The molecule has 1 atom stereocenters. The van der Waals surface area contributed by atoms with Crippen LogP contribution in [0.25, 0.3) is 0 Å². The molecular weight excluding hydrogens is 312 g/mol. The SMILES string of the molecule is COc1cc(NC(=O)N[C@H](c2cccs2)C(C)C)cc(OC)c1. The highest BCUT2D eigenvalue weighted by Crippen LogP contribution is 2.27. The van der Waals surface area contributed by atoms with Crippen molar-refractivity contribution in [2.75, 3.05) is 19.5 Å². The Morgan fingerprint density at radius 1 is 1.13 bits per heavy atom. The van der Waals surface area contributed by atoms with Gasteiger partial charge in [-0.25, -0.2) is 4.79 Å². The Labute approximate surface area is 140 Å². The monoisotopic (exact) mass is 334 g/mol. The zero-order chi connectivity index (χ0) is 16.8. The lowest BCUT2D eigenvalue weighted by Gasteiger charge is -2.21. The van der Waals surface area contributed by atoms with Gasteiger partial charge in [0.25, 0.3) is 0 Å². The van der Waals surface area contributed by atoms with Crippen molar-refractivity contribution in [1.82, 2.24) is 5.32 Å². The number of anilines is 1. The highest BCUT2D eigenvalue weighted by Gasteiger charge is 2.19. The molecule has 5 nitrogen and oxygen atoms in total. The van der Waals surface area contributed by atoms with E-state index in [-0.39, 0.29) is 12.1 Å². The summed E-state index contributed by atoms with van der Waals surface area (Å²) in [6.07, 6.45) is 0. The first kappa shape index (κ1) is 17.1. The molecule has 1 aromatic heterocycles. The molecule has 0 radical (unpaired) electrons. The third-order valence-corrected chi connectivity index (χ3v) is 4.37. The fraction of sp³-hybridized carbons (Fsp3) is 0.353. The second kappa shape index (κ2) is 7.87. The molecule has 6 heteroatoms. The fourth-order valence-electron chi connectivity index (χ4n) is 2.22. The van der Waals surface area contributed by atoms with Gasteiger partial charge in [-0.3, -0.25) is 0 Å². The summed E-state index contributed by atoms with van der Waals surface area (Å²) < 4.78 is 10.4. The van der Waals surface area contributed by atoms with E-state index in [1.807, 2.05) is 17.5 Å². The van der Waals surface area contributed by atoms with Crippen LogP contribution in [0.15, 0.2) is 35.7 Å². The number of amides is 2. The number of hydrogen-bond donors (Lipinski definition) is 2. The van der Waals surface area contributed by atoms with Crippen molar-refractivity contribution in [3.63, 3.8) is 0 Å². The van der Waals surface area contributed by atoms with E-state index in [4.69, 9.17) is 9.47 Å². The van der Waals surface area contributed by atoms with E-state index in [0.29, 0.717) is 23.1 Å². The van der Waals surface area contributed by atoms with Crippen LogP contribution >= 0.6 is 11.3 Å². The minimum Gasteiger partial charge on any atom is -0.497 e. The van der Waals surface area contributed by atoms with Crippen molar-refractivity contribution in [3.05, 3.63) is 40.6 Å². The van der Waals surface area contributed by atoms with Crippen LogP contribution in [0.1, 0.15) is 24.8 Å². The quantitative estimate of drug-likeness (QED) is 0.829. The van der Waals surface area contributed by atoms with Gasteiger partial charge in [0.05, 0.1) is 20.3 Å². The normalized spacial score (nSPS) is 11.9. The Kier molecular flexibility index (Phi) is 5.87. The van der Waals surface area contributed by atoms with Crippen LogP contribution in [-0.2, 0) is 0 Å². The average Bonchev–Trinajstić information content (AvgIpc) is 3.05. The zero-order valence-electron chi connectivity index (χ0n) is 13.8. The third-order valence-electron chi connectivity index (χ3n) is 3.41. The molecule has 1 aromatic carbocycles. The standard InChI is InChI=1S/C17H22N2O3S/c1-11(2)16(15-6-5-7-23-15)19-17(20)18-12-8-13(21-3)10-14(9-12)22-4/h5-11,16H,1-4H3,(H2,18,19,20)/t16-/m0/s1. The molecule has 0 aliphatic rings. The van der Waals surface area contributed by atoms with E-state index >= 15 is 0 Å². The van der Waals surface area contributed by atoms with Crippen LogP contribution in [-0.4, -0.2) is 20.3 Å². The van der Waals surface area contributed by atoms with Gasteiger partial charge in [-0.2, -0.15) is 0 Å². The van der Waals surface area contributed by atoms with Crippen LogP contribution < -0.4 is 20.1 Å². The van der Waals surface area contributed by atoms with E-state index in [1.54, 1.807) is 43.8 Å². The molecule has 2 rings (SSSR count). The third kappa shape index (κ3) is 4.63. The largest absolute Gasteiger partial charge is 0.497 e. The van der Waals surface area contributed by atoms with Crippen molar-refractivity contribution >= 4 is 23.1 Å². The van der Waals surface area contributed by atoms with E-state index < -0.39 is 0 Å². The first-order valence-corrected chi connectivity index (χ1v) is 8.25. The Morgan fingerprint density at radius 3 is 2.26 bits per heavy atom. The maximum atomic E-state index is 12.3. The summed E-state index contributed by atoms with van der Waals surface area (Å²) in [4.78, 5) is 13.5. The van der Waals surface area contributed by atoms with Crippen molar-refractivity contribution in [1.29, 1.82) is 0 Å². The van der Waals surface area contributed by atoms with Gasteiger partial charge >= 0.3 is 6.03 Å². The number of methoxy groups -OCH3 is 2. The minimum atomic E-state index is -0.257. The molecular formula is C17H22N2O3S. The number of urea groups is 1. The summed E-state index contributed by atoms with van der Waals surface area (Å²) in [5.41, 5.74) is 0.618. The Bertz CT molecular complexity index is 619. The number of hydrogen-bond acceptors (Lipinski definition) is 4. The summed E-state index contributed by atoms with van der Waals surface area (Å²) in [7, 11) is 3.15. The van der Waals surface area contributed by atoms with E-state index in [0.717, 1.165) is 4.88 Å². The molecule has 0 spiro atoms. The van der Waals surface area contributed by atoms with Crippen LogP contribution in [0, 0.1) is 5.92 Å². The van der Waals surface area contributed by atoms with Crippen molar-refractivity contribution in [2.24, 2.45) is 5.92 Å². The molecule has 2 amide bonds. The molecule has 2 aromatic rings. The smallest absolute Gasteiger partial charge is 0.319 e. The van der Waals surface area contributed by atoms with Crippen molar-refractivity contribution in [2.45, 2.75) is 19.9 Å². The summed E-state index contributed by atoms with van der Waals surface area (Å²) in [6, 6.07) is 8.99. The number of rotatable bonds is 6. The molecule has 23 heavy (non-hydrogen) atoms. The lowest BCUT2D eigenvalue weighted by molar-refractivity contribution is 0.245. The van der Waals surface area contributed by atoms with Crippen LogP contribution in [0.4, 0.5) is 10.5 Å². The van der Waals surface area contributed by atoms with Gasteiger partial charge in [-0.1, -0.05) is 19.9 Å². The molecule has 0 bridgehead atoms. The number of thiophene rings is 1. The number of benzene rings is 1. The van der Waals surface area contributed by atoms with Gasteiger partial charge in [-0.05, 0) is 17.4 Å². The molecule has 2 N–H and O–H groups in total. The molecule has 0 saturated carbocycles. The molecule has 0 unspecified atom stereocenters. The first-order chi connectivity index (χ1) is 11.0. The topological polar surface area (TPSA) is 59.6 Å². The van der Waals surface area contributed by atoms with Gasteiger partial charge in [0.1, 0.15) is 11.5 Å². The Balaban J connectivity index is 2.09. The van der Waals surface area contributed by atoms with Gasteiger partial charge < -0.3 is 20.1 Å². The number of carbonyl (C=O) groups is 1. The molecule has 0 fully saturated rings. The maximum absolute atomic E-state index is 12.3. The van der Waals surface area contributed by atoms with Crippen LogP contribution in [0.2, 0.25) is 0 Å². The van der Waals surface area contributed by atoms with Crippen molar-refractivity contribution in [3.8, 4) is 11.5 Å². The van der Waals surface area contributed by atoms with Crippen molar-refractivity contribution < 1.29 is 14.3 Å². The second-order valence-corrected chi connectivity index (χ2v) is 6.42. The maximum Gasteiger partial charge on any atom is 0.319 e. The van der Waals surface area contributed by atoms with Crippen LogP contribution in [0.3, 0.4) is 0 Å². The summed E-state index contributed by atoms with van der Waals surface area (Å²) in [5, 5.41) is 7.87. The Hall–Kier alpha value is -2.21. The van der Waals surface area contributed by atoms with Gasteiger partial charge in [0.2, 0.25) is 0 Å². The average molecular weight is 334 g/mol.